The molecule has 2 aliphatic rings. The molecule has 1 aromatic heterocycles. The van der Waals surface area contributed by atoms with E-state index in [-0.39, 0.29) is 17.7 Å². The third-order valence-electron chi connectivity index (χ3n) is 6.17. The summed E-state index contributed by atoms with van der Waals surface area (Å²) in [6.45, 7) is 3.35. The lowest BCUT2D eigenvalue weighted by atomic mass is 9.93. The normalized spacial score (nSPS) is 18.9. The zero-order valence-electron chi connectivity index (χ0n) is 18.3. The number of carbonyl (C=O) groups is 2. The third kappa shape index (κ3) is 4.84. The third-order valence-corrected chi connectivity index (χ3v) is 7.20. The van der Waals surface area contributed by atoms with Crippen LogP contribution in [0.1, 0.15) is 47.1 Å². The van der Waals surface area contributed by atoms with Crippen LogP contribution < -0.4 is 14.8 Å². The molecule has 1 aliphatic heterocycles. The van der Waals surface area contributed by atoms with E-state index in [1.165, 1.54) is 4.88 Å². The van der Waals surface area contributed by atoms with E-state index in [0.717, 1.165) is 25.0 Å². The lowest BCUT2D eigenvalue weighted by molar-refractivity contribution is -0.121. The fourth-order valence-corrected chi connectivity index (χ4v) is 5.43. The van der Waals surface area contributed by atoms with Gasteiger partial charge in [-0.05, 0) is 50.2 Å². The zero-order chi connectivity index (χ0) is 22.0. The molecule has 1 aliphatic carbocycles. The number of methoxy groups -OCH3 is 2. The molecule has 2 amide bonds. The van der Waals surface area contributed by atoms with Crippen molar-refractivity contribution in [2.45, 2.75) is 39.0 Å². The predicted octanol–water partition coefficient (Wildman–Crippen LogP) is 3.78. The van der Waals surface area contributed by atoms with Crippen LogP contribution in [0.4, 0.5) is 5.13 Å². The van der Waals surface area contributed by atoms with Crippen LogP contribution >= 0.6 is 11.3 Å². The molecule has 2 aromatic rings. The van der Waals surface area contributed by atoms with Gasteiger partial charge in [0.05, 0.1) is 19.9 Å². The van der Waals surface area contributed by atoms with Gasteiger partial charge in [-0.15, -0.1) is 11.3 Å². The molecular formula is C23H29N3O4S. The van der Waals surface area contributed by atoms with Crippen LogP contribution in [-0.4, -0.2) is 49.0 Å². The molecular weight excluding hydrogens is 414 g/mol. The molecule has 166 valence electrons. The molecule has 1 aromatic carbocycles. The van der Waals surface area contributed by atoms with Gasteiger partial charge in [0.2, 0.25) is 5.91 Å². The first-order valence-corrected chi connectivity index (χ1v) is 11.6. The van der Waals surface area contributed by atoms with Crippen molar-refractivity contribution < 1.29 is 19.1 Å². The number of rotatable bonds is 5. The number of thiazole rings is 1. The van der Waals surface area contributed by atoms with E-state index < -0.39 is 0 Å². The second-order valence-corrected chi connectivity index (χ2v) is 9.48. The number of aryl methyl sites for hydroxylation is 1. The molecule has 0 saturated carbocycles. The maximum Gasteiger partial charge on any atom is 0.254 e. The highest BCUT2D eigenvalue weighted by molar-refractivity contribution is 7.15. The van der Waals surface area contributed by atoms with E-state index in [9.17, 15) is 9.59 Å². The van der Waals surface area contributed by atoms with Gasteiger partial charge in [0.25, 0.3) is 5.91 Å². The number of ether oxygens (including phenoxy) is 2. The minimum Gasteiger partial charge on any atom is -0.497 e. The quantitative estimate of drug-likeness (QED) is 0.761. The van der Waals surface area contributed by atoms with Crippen LogP contribution in [0.2, 0.25) is 0 Å². The van der Waals surface area contributed by atoms with Gasteiger partial charge in [0.15, 0.2) is 5.13 Å². The standard InChI is InChI=1S/C23H29N3O4S/c1-14-4-5-19-20(10-14)31-23(24-19)25-21(27)15-6-8-26(9-7-15)22(28)16-11-17(29-2)13-18(12-16)30-3/h11-15H,4-10H2,1-3H3,(H,24,25,27). The number of benzene rings is 1. The van der Waals surface area contributed by atoms with E-state index in [1.807, 2.05) is 0 Å². The molecule has 2 heterocycles. The summed E-state index contributed by atoms with van der Waals surface area (Å²) in [5.41, 5.74) is 1.68. The Balaban J connectivity index is 1.34. The van der Waals surface area contributed by atoms with Gasteiger partial charge in [-0.3, -0.25) is 9.59 Å². The summed E-state index contributed by atoms with van der Waals surface area (Å²) in [6.07, 6.45) is 4.49. The molecule has 0 spiro atoms. The Morgan fingerprint density at radius 3 is 2.42 bits per heavy atom. The van der Waals surface area contributed by atoms with Crippen molar-refractivity contribution in [3.63, 3.8) is 0 Å². The van der Waals surface area contributed by atoms with Crippen LogP contribution in [0.15, 0.2) is 18.2 Å². The van der Waals surface area contributed by atoms with Crippen molar-refractivity contribution >= 4 is 28.3 Å². The second kappa shape index (κ2) is 9.26. The first-order chi connectivity index (χ1) is 15.0. The number of carbonyl (C=O) groups excluding carboxylic acids is 2. The molecule has 4 rings (SSSR count). The van der Waals surface area contributed by atoms with Crippen LogP contribution in [0, 0.1) is 11.8 Å². The summed E-state index contributed by atoms with van der Waals surface area (Å²) in [4.78, 5) is 33.5. The van der Waals surface area contributed by atoms with Crippen molar-refractivity contribution in [2.24, 2.45) is 11.8 Å². The van der Waals surface area contributed by atoms with E-state index in [0.29, 0.717) is 54.0 Å². The van der Waals surface area contributed by atoms with Gasteiger partial charge in [0.1, 0.15) is 11.5 Å². The molecule has 1 N–H and O–H groups in total. The Kier molecular flexibility index (Phi) is 6.46. The Morgan fingerprint density at radius 2 is 1.77 bits per heavy atom. The Hall–Kier alpha value is -2.61. The number of fused-ring (bicyclic) bond motifs is 1. The summed E-state index contributed by atoms with van der Waals surface area (Å²) < 4.78 is 10.5. The van der Waals surface area contributed by atoms with Crippen LogP contribution in [0.5, 0.6) is 11.5 Å². The van der Waals surface area contributed by atoms with Crippen molar-refractivity contribution in [1.29, 1.82) is 0 Å². The molecule has 1 saturated heterocycles. The zero-order valence-corrected chi connectivity index (χ0v) is 19.1. The minimum absolute atomic E-state index is 0.00861. The van der Waals surface area contributed by atoms with E-state index in [2.05, 4.69) is 17.2 Å². The Labute approximate surface area is 186 Å². The van der Waals surface area contributed by atoms with Gasteiger partial charge < -0.3 is 19.7 Å². The van der Waals surface area contributed by atoms with E-state index >= 15 is 0 Å². The highest BCUT2D eigenvalue weighted by Crippen LogP contribution is 2.33. The Morgan fingerprint density at radius 1 is 1.10 bits per heavy atom. The lowest BCUT2D eigenvalue weighted by Crippen LogP contribution is -2.41. The number of amides is 2. The summed E-state index contributed by atoms with van der Waals surface area (Å²) in [6, 6.07) is 5.17. The van der Waals surface area contributed by atoms with E-state index in [4.69, 9.17) is 9.47 Å². The fraction of sp³-hybridized carbons (Fsp3) is 0.522. The molecule has 8 heteroatoms. The van der Waals surface area contributed by atoms with E-state index in [1.54, 1.807) is 48.7 Å². The summed E-state index contributed by atoms with van der Waals surface area (Å²) in [5, 5.41) is 3.74. The van der Waals surface area contributed by atoms with Gasteiger partial charge in [-0.2, -0.15) is 0 Å². The predicted molar refractivity (Wildman–Crippen MR) is 120 cm³/mol. The van der Waals surface area contributed by atoms with Gasteiger partial charge in [-0.25, -0.2) is 4.98 Å². The van der Waals surface area contributed by atoms with Crippen molar-refractivity contribution in [1.82, 2.24) is 9.88 Å². The van der Waals surface area contributed by atoms with Gasteiger partial charge >= 0.3 is 0 Å². The maximum atomic E-state index is 12.9. The SMILES string of the molecule is COc1cc(OC)cc(C(=O)N2CCC(C(=O)Nc3nc4c(s3)CC(C)CC4)CC2)c1. The number of anilines is 1. The largest absolute Gasteiger partial charge is 0.497 e. The second-order valence-electron chi connectivity index (χ2n) is 8.39. The average molecular weight is 444 g/mol. The number of nitrogens with one attached hydrogen (secondary N) is 1. The summed E-state index contributed by atoms with van der Waals surface area (Å²) in [5.74, 6) is 1.67. The minimum atomic E-state index is -0.108. The van der Waals surface area contributed by atoms with Crippen LogP contribution in [-0.2, 0) is 17.6 Å². The number of likely N-dealkylation sites (tertiary alicyclic amines) is 1. The molecule has 0 bridgehead atoms. The Bertz CT molecular complexity index is 943. The smallest absolute Gasteiger partial charge is 0.254 e. The van der Waals surface area contributed by atoms with Crippen LogP contribution in [0.25, 0.3) is 0 Å². The summed E-state index contributed by atoms with van der Waals surface area (Å²) >= 11 is 1.61. The lowest BCUT2D eigenvalue weighted by Gasteiger charge is -2.31. The van der Waals surface area contributed by atoms with Gasteiger partial charge in [-0.1, -0.05) is 6.92 Å². The first-order valence-electron chi connectivity index (χ1n) is 10.8. The first kappa shape index (κ1) is 21.6. The topological polar surface area (TPSA) is 80.8 Å². The number of nitrogens with zero attached hydrogens (tertiary/aromatic N) is 2. The highest BCUT2D eigenvalue weighted by atomic mass is 32.1. The van der Waals surface area contributed by atoms with Crippen molar-refractivity contribution in [2.75, 3.05) is 32.6 Å². The van der Waals surface area contributed by atoms with Crippen molar-refractivity contribution in [3.8, 4) is 11.5 Å². The maximum absolute atomic E-state index is 12.9. The molecule has 1 atom stereocenters. The number of hydrogen-bond donors (Lipinski definition) is 1. The molecule has 31 heavy (non-hydrogen) atoms. The number of hydrogen-bond acceptors (Lipinski definition) is 6. The fourth-order valence-electron chi connectivity index (χ4n) is 4.26. The van der Waals surface area contributed by atoms with Crippen LogP contribution in [0.3, 0.4) is 0 Å². The number of piperidine rings is 1. The summed E-state index contributed by atoms with van der Waals surface area (Å²) in [7, 11) is 3.12. The van der Waals surface area contributed by atoms with Gasteiger partial charge in [0, 0.05) is 35.5 Å². The molecule has 1 fully saturated rings. The highest BCUT2D eigenvalue weighted by Gasteiger charge is 2.29. The van der Waals surface area contributed by atoms with Crippen molar-refractivity contribution in [3.05, 3.63) is 34.3 Å². The molecule has 0 radical (unpaired) electrons. The number of aromatic nitrogens is 1. The average Bonchev–Trinajstić information content (AvgIpc) is 3.19. The molecule has 1 unspecified atom stereocenters. The molecule has 7 nitrogen and oxygen atoms in total. The monoisotopic (exact) mass is 443 g/mol.